The Hall–Kier alpha value is -2.72. The number of aryl methyl sites for hydroxylation is 1. The number of rotatable bonds is 6. The van der Waals surface area contributed by atoms with Crippen molar-refractivity contribution in [1.29, 1.82) is 0 Å². The van der Waals surface area contributed by atoms with Crippen LogP contribution in [0.15, 0.2) is 48.5 Å². The van der Waals surface area contributed by atoms with Crippen molar-refractivity contribution in [2.24, 2.45) is 5.73 Å². The molecule has 1 amide bonds. The van der Waals surface area contributed by atoms with Crippen LogP contribution in [0.1, 0.15) is 34.2 Å². The van der Waals surface area contributed by atoms with E-state index >= 15 is 0 Å². The van der Waals surface area contributed by atoms with Crippen molar-refractivity contribution in [3.05, 3.63) is 76.1 Å². The first-order valence-electron chi connectivity index (χ1n) is 8.98. The first-order valence-corrected chi connectivity index (χ1v) is 9.35. The number of benzene rings is 2. The fraction of sp³-hybridized carbons (Fsp3) is 0.227. The van der Waals surface area contributed by atoms with Gasteiger partial charge in [-0.2, -0.15) is 0 Å². The van der Waals surface area contributed by atoms with E-state index in [1.165, 1.54) is 0 Å². The summed E-state index contributed by atoms with van der Waals surface area (Å²) in [6.07, 6.45) is 1.57. The number of carbonyl (C=O) groups excluding carboxylic acids is 1. The van der Waals surface area contributed by atoms with E-state index < -0.39 is 5.91 Å². The van der Waals surface area contributed by atoms with E-state index in [1.54, 1.807) is 12.1 Å². The monoisotopic (exact) mass is 382 g/mol. The van der Waals surface area contributed by atoms with Gasteiger partial charge in [-0.1, -0.05) is 42.8 Å². The van der Waals surface area contributed by atoms with Gasteiger partial charge in [0, 0.05) is 28.5 Å². The van der Waals surface area contributed by atoms with E-state index in [0.29, 0.717) is 10.6 Å². The molecule has 1 heterocycles. The Labute approximate surface area is 164 Å². The van der Waals surface area contributed by atoms with E-state index in [2.05, 4.69) is 11.5 Å². The van der Waals surface area contributed by atoms with Gasteiger partial charge in [-0.25, -0.2) is 0 Å². The lowest BCUT2D eigenvalue weighted by atomic mass is 9.99. The van der Waals surface area contributed by atoms with Gasteiger partial charge in [-0.05, 0) is 55.2 Å². The Morgan fingerprint density at radius 3 is 2.30 bits per heavy atom. The van der Waals surface area contributed by atoms with E-state index in [9.17, 15) is 9.90 Å². The first kappa shape index (κ1) is 19.1. The highest BCUT2D eigenvalue weighted by molar-refractivity contribution is 6.30. The number of phenolic OH excluding ortho intramolecular Hbond substituents is 1. The minimum absolute atomic E-state index is 0.256. The van der Waals surface area contributed by atoms with Gasteiger partial charge in [0.1, 0.15) is 5.75 Å². The van der Waals surface area contributed by atoms with E-state index in [-0.39, 0.29) is 5.75 Å². The minimum atomic E-state index is -0.421. The van der Waals surface area contributed by atoms with E-state index in [0.717, 1.165) is 47.5 Å². The zero-order valence-corrected chi connectivity index (χ0v) is 16.3. The predicted octanol–water partition coefficient (Wildman–Crippen LogP) is 4.73. The van der Waals surface area contributed by atoms with Crippen molar-refractivity contribution < 1.29 is 9.90 Å². The third-order valence-electron chi connectivity index (χ3n) is 4.91. The number of hydrogen-bond donors (Lipinski definition) is 2. The third kappa shape index (κ3) is 3.86. The second kappa shape index (κ2) is 7.89. The minimum Gasteiger partial charge on any atom is -0.508 e. The summed E-state index contributed by atoms with van der Waals surface area (Å²) in [6, 6.07) is 14.7. The molecule has 4 nitrogen and oxygen atoms in total. The Kier molecular flexibility index (Phi) is 5.57. The molecule has 2 aromatic carbocycles. The SMILES string of the molecule is CCc1c(-c2ccc(Cl)cc2)c(C(N)=O)c(C)n1CCc1ccc(O)cc1. The molecule has 0 fully saturated rings. The highest BCUT2D eigenvalue weighted by atomic mass is 35.5. The van der Waals surface area contributed by atoms with E-state index in [4.69, 9.17) is 17.3 Å². The smallest absolute Gasteiger partial charge is 0.251 e. The molecule has 0 saturated carbocycles. The van der Waals surface area contributed by atoms with Gasteiger partial charge in [-0.3, -0.25) is 4.79 Å². The summed E-state index contributed by atoms with van der Waals surface area (Å²) in [5, 5.41) is 10.1. The summed E-state index contributed by atoms with van der Waals surface area (Å²) in [5.41, 5.74) is 11.2. The van der Waals surface area contributed by atoms with Crippen LogP contribution >= 0.6 is 11.6 Å². The third-order valence-corrected chi connectivity index (χ3v) is 5.16. The number of carbonyl (C=O) groups is 1. The van der Waals surface area contributed by atoms with Crippen LogP contribution in [0.5, 0.6) is 5.75 Å². The number of primary amides is 1. The van der Waals surface area contributed by atoms with E-state index in [1.807, 2.05) is 43.3 Å². The van der Waals surface area contributed by atoms with Crippen LogP contribution in [0, 0.1) is 6.92 Å². The van der Waals surface area contributed by atoms with Crippen LogP contribution in [-0.4, -0.2) is 15.6 Å². The Morgan fingerprint density at radius 1 is 1.11 bits per heavy atom. The maximum absolute atomic E-state index is 12.2. The number of phenols is 1. The van der Waals surface area contributed by atoms with Crippen LogP contribution < -0.4 is 5.73 Å². The number of nitrogens with zero attached hydrogens (tertiary/aromatic N) is 1. The summed E-state index contributed by atoms with van der Waals surface area (Å²) in [6.45, 7) is 4.75. The Balaban J connectivity index is 2.05. The lowest BCUT2D eigenvalue weighted by molar-refractivity contribution is 0.1000. The van der Waals surface area contributed by atoms with Crippen molar-refractivity contribution in [2.75, 3.05) is 0 Å². The molecule has 0 saturated heterocycles. The number of nitrogens with two attached hydrogens (primary N) is 1. The standard InChI is InChI=1S/C22H23ClN2O2/c1-3-19-21(16-6-8-17(23)9-7-16)20(22(24)27)14(2)25(19)13-12-15-4-10-18(26)11-5-15/h4-11,26H,3,12-13H2,1-2H3,(H2,24,27). The van der Waals surface area contributed by atoms with Crippen LogP contribution in [0.4, 0.5) is 0 Å². The maximum Gasteiger partial charge on any atom is 0.251 e. The summed E-state index contributed by atoms with van der Waals surface area (Å²) in [5.74, 6) is -0.165. The summed E-state index contributed by atoms with van der Waals surface area (Å²) in [4.78, 5) is 12.2. The molecule has 0 bridgehead atoms. The Bertz CT molecular complexity index is 957. The van der Waals surface area contributed by atoms with Gasteiger partial charge in [0.15, 0.2) is 0 Å². The van der Waals surface area contributed by atoms with Crippen LogP contribution in [-0.2, 0) is 19.4 Å². The Morgan fingerprint density at radius 2 is 1.74 bits per heavy atom. The first-order chi connectivity index (χ1) is 12.9. The molecule has 0 unspecified atom stereocenters. The van der Waals surface area contributed by atoms with Gasteiger partial charge >= 0.3 is 0 Å². The normalized spacial score (nSPS) is 10.9. The second-order valence-corrected chi connectivity index (χ2v) is 7.01. The highest BCUT2D eigenvalue weighted by Gasteiger charge is 2.23. The molecule has 27 heavy (non-hydrogen) atoms. The quantitative estimate of drug-likeness (QED) is 0.647. The zero-order valence-electron chi connectivity index (χ0n) is 15.5. The summed E-state index contributed by atoms with van der Waals surface area (Å²) >= 11 is 6.03. The molecular weight excluding hydrogens is 360 g/mol. The molecule has 3 aromatic rings. The van der Waals surface area contributed by atoms with Crippen molar-refractivity contribution in [3.63, 3.8) is 0 Å². The molecule has 0 aliphatic carbocycles. The predicted molar refractivity (Wildman–Crippen MR) is 109 cm³/mol. The zero-order chi connectivity index (χ0) is 19.6. The maximum atomic E-state index is 12.2. The largest absolute Gasteiger partial charge is 0.508 e. The van der Waals surface area contributed by atoms with Crippen LogP contribution in [0.2, 0.25) is 5.02 Å². The molecule has 0 aliphatic rings. The van der Waals surface area contributed by atoms with Crippen molar-refractivity contribution in [3.8, 4) is 16.9 Å². The average Bonchev–Trinajstić information content (AvgIpc) is 2.93. The molecule has 1 aromatic heterocycles. The molecule has 140 valence electrons. The van der Waals surface area contributed by atoms with Gasteiger partial charge in [-0.15, -0.1) is 0 Å². The summed E-state index contributed by atoms with van der Waals surface area (Å²) in [7, 11) is 0. The van der Waals surface area contributed by atoms with Gasteiger partial charge < -0.3 is 15.4 Å². The van der Waals surface area contributed by atoms with Crippen LogP contribution in [0.3, 0.4) is 0 Å². The molecule has 0 atom stereocenters. The van der Waals surface area contributed by atoms with Gasteiger partial charge in [0.05, 0.1) is 5.56 Å². The van der Waals surface area contributed by atoms with Crippen molar-refractivity contribution >= 4 is 17.5 Å². The average molecular weight is 383 g/mol. The lowest BCUT2D eigenvalue weighted by Crippen LogP contribution is -2.13. The van der Waals surface area contributed by atoms with Gasteiger partial charge in [0.2, 0.25) is 0 Å². The molecule has 3 N–H and O–H groups in total. The van der Waals surface area contributed by atoms with Crippen molar-refractivity contribution in [1.82, 2.24) is 4.57 Å². The topological polar surface area (TPSA) is 68.2 Å². The number of amides is 1. The summed E-state index contributed by atoms with van der Waals surface area (Å²) < 4.78 is 2.18. The fourth-order valence-electron chi connectivity index (χ4n) is 3.60. The van der Waals surface area contributed by atoms with Gasteiger partial charge in [0.25, 0.3) is 5.91 Å². The molecule has 0 radical (unpaired) electrons. The molecule has 0 aliphatic heterocycles. The number of aromatic nitrogens is 1. The molecule has 0 spiro atoms. The number of halogens is 1. The fourth-order valence-corrected chi connectivity index (χ4v) is 3.73. The number of hydrogen-bond acceptors (Lipinski definition) is 2. The number of aromatic hydroxyl groups is 1. The highest BCUT2D eigenvalue weighted by Crippen LogP contribution is 2.34. The lowest BCUT2D eigenvalue weighted by Gasteiger charge is -2.12. The molecular formula is C22H23ClN2O2. The van der Waals surface area contributed by atoms with Crippen LogP contribution in [0.25, 0.3) is 11.1 Å². The molecule has 5 heteroatoms. The molecule has 3 rings (SSSR count). The second-order valence-electron chi connectivity index (χ2n) is 6.57. The van der Waals surface area contributed by atoms with Crippen molar-refractivity contribution in [2.45, 2.75) is 33.2 Å².